The lowest BCUT2D eigenvalue weighted by Gasteiger charge is -2.30. The minimum Gasteiger partial charge on any atom is -0.272 e. The van der Waals surface area contributed by atoms with Gasteiger partial charge in [0.2, 0.25) is 0 Å². The molecule has 5 heteroatoms. The first kappa shape index (κ1) is 23.2. The molecular formula is C31H27ClN2OS. The molecule has 2 aliphatic rings. The highest BCUT2D eigenvalue weighted by atomic mass is 35.5. The van der Waals surface area contributed by atoms with Gasteiger partial charge in [0.15, 0.2) is 4.80 Å². The summed E-state index contributed by atoms with van der Waals surface area (Å²) in [5, 5.41) is 0.688. The van der Waals surface area contributed by atoms with Gasteiger partial charge in [0.1, 0.15) is 0 Å². The zero-order valence-electron chi connectivity index (χ0n) is 20.6. The lowest BCUT2D eigenvalue weighted by Crippen LogP contribution is -2.38. The number of aromatic nitrogens is 1. The summed E-state index contributed by atoms with van der Waals surface area (Å²) in [6, 6.07) is 24.7. The Labute approximate surface area is 219 Å². The molecule has 1 aromatic heterocycles. The Morgan fingerprint density at radius 3 is 2.42 bits per heavy atom. The number of rotatable bonds is 2. The number of hydrogen-bond donors (Lipinski definition) is 0. The van der Waals surface area contributed by atoms with Crippen LogP contribution in [0.3, 0.4) is 0 Å². The van der Waals surface area contributed by atoms with E-state index in [-0.39, 0.29) is 17.0 Å². The normalized spacial score (nSPS) is 17.3. The summed E-state index contributed by atoms with van der Waals surface area (Å²) in [5.41, 5.74) is 8.14. The molecule has 1 atom stereocenters. The first-order valence-electron chi connectivity index (χ1n) is 12.3. The molecule has 0 fully saturated rings. The molecule has 3 aromatic carbocycles. The predicted molar refractivity (Wildman–Crippen MR) is 149 cm³/mol. The summed E-state index contributed by atoms with van der Waals surface area (Å²) in [6.45, 7) is 6.62. The SMILES string of the molecule is CC(C)(C)c1ccc(/C=c2/sc3n(c2=O)[C@@H](c2ccc(Cl)cc2)C2=C(N=3)c3ccccc3CC2)cc1. The van der Waals surface area contributed by atoms with E-state index in [0.717, 1.165) is 34.5 Å². The van der Waals surface area contributed by atoms with E-state index in [1.165, 1.54) is 33.6 Å². The van der Waals surface area contributed by atoms with E-state index < -0.39 is 0 Å². The molecule has 4 aromatic rings. The van der Waals surface area contributed by atoms with Crippen molar-refractivity contribution in [3.8, 4) is 0 Å². The lowest BCUT2D eigenvalue weighted by molar-refractivity contribution is 0.585. The maximum Gasteiger partial charge on any atom is 0.271 e. The number of fused-ring (bicyclic) bond motifs is 3. The van der Waals surface area contributed by atoms with Gasteiger partial charge in [0.05, 0.1) is 16.3 Å². The van der Waals surface area contributed by atoms with Crippen LogP contribution >= 0.6 is 22.9 Å². The van der Waals surface area contributed by atoms with Crippen molar-refractivity contribution in [3.63, 3.8) is 0 Å². The zero-order valence-corrected chi connectivity index (χ0v) is 22.2. The number of nitrogens with zero attached hydrogens (tertiary/aromatic N) is 2. The lowest BCUT2D eigenvalue weighted by atomic mass is 9.83. The summed E-state index contributed by atoms with van der Waals surface area (Å²) >= 11 is 7.68. The molecule has 0 amide bonds. The van der Waals surface area contributed by atoms with E-state index in [2.05, 4.69) is 69.3 Å². The molecule has 1 aliphatic heterocycles. The summed E-state index contributed by atoms with van der Waals surface area (Å²) in [6.07, 6.45) is 3.81. The molecule has 0 saturated heterocycles. The molecule has 0 saturated carbocycles. The van der Waals surface area contributed by atoms with Crippen LogP contribution in [0.4, 0.5) is 0 Å². The Hall–Kier alpha value is -3.21. The largest absolute Gasteiger partial charge is 0.272 e. The molecule has 0 spiro atoms. The molecule has 2 heterocycles. The summed E-state index contributed by atoms with van der Waals surface area (Å²) < 4.78 is 2.58. The van der Waals surface area contributed by atoms with Gasteiger partial charge < -0.3 is 0 Å². The third kappa shape index (κ3) is 3.99. The van der Waals surface area contributed by atoms with Crippen LogP contribution in [0.25, 0.3) is 11.8 Å². The third-order valence-electron chi connectivity index (χ3n) is 7.13. The maximum atomic E-state index is 13.8. The van der Waals surface area contributed by atoms with Crippen molar-refractivity contribution in [3.05, 3.63) is 131 Å². The van der Waals surface area contributed by atoms with Gasteiger partial charge in [-0.3, -0.25) is 9.36 Å². The smallest absolute Gasteiger partial charge is 0.271 e. The minimum atomic E-state index is -0.188. The van der Waals surface area contributed by atoms with Crippen molar-refractivity contribution in [2.45, 2.75) is 45.1 Å². The van der Waals surface area contributed by atoms with Crippen LogP contribution in [0.2, 0.25) is 5.02 Å². The third-order valence-corrected chi connectivity index (χ3v) is 8.37. The predicted octanol–water partition coefficient (Wildman–Crippen LogP) is 6.27. The first-order chi connectivity index (χ1) is 17.3. The molecule has 3 nitrogen and oxygen atoms in total. The van der Waals surface area contributed by atoms with E-state index in [9.17, 15) is 4.79 Å². The number of aryl methyl sites for hydroxylation is 1. The van der Waals surface area contributed by atoms with Crippen molar-refractivity contribution in [1.82, 2.24) is 4.57 Å². The van der Waals surface area contributed by atoms with Gasteiger partial charge in [-0.15, -0.1) is 0 Å². The van der Waals surface area contributed by atoms with Crippen LogP contribution in [-0.2, 0) is 11.8 Å². The second kappa shape index (κ2) is 8.72. The minimum absolute atomic E-state index is 0.00371. The fraction of sp³-hybridized carbons (Fsp3) is 0.226. The molecular weight excluding hydrogens is 484 g/mol. The molecule has 6 rings (SSSR count). The standard InChI is InChI=1S/C31H27ClN2OS/c1-31(2,3)22-13-8-19(9-14-22)18-26-29(35)34-28(21-10-15-23(32)16-11-21)25-17-12-20-6-4-5-7-24(20)27(25)33-30(34)36-26/h4-11,13-16,18,28H,12,17H2,1-3H3/b26-18+/t28-/m0/s1. The molecule has 1 aliphatic carbocycles. The van der Waals surface area contributed by atoms with Crippen LogP contribution in [0, 0.1) is 0 Å². The summed E-state index contributed by atoms with van der Waals surface area (Å²) in [5.74, 6) is 0. The monoisotopic (exact) mass is 510 g/mol. The highest BCUT2D eigenvalue weighted by Crippen LogP contribution is 2.41. The highest BCUT2D eigenvalue weighted by molar-refractivity contribution is 7.07. The second-order valence-corrected chi connectivity index (χ2v) is 12.0. The fourth-order valence-electron chi connectivity index (χ4n) is 5.20. The molecule has 0 unspecified atom stereocenters. The van der Waals surface area contributed by atoms with Crippen LogP contribution in [0.1, 0.15) is 61.1 Å². The average Bonchev–Trinajstić information content (AvgIpc) is 3.17. The summed E-state index contributed by atoms with van der Waals surface area (Å²) in [4.78, 5) is 19.7. The second-order valence-electron chi connectivity index (χ2n) is 10.5. The number of hydrogen-bond acceptors (Lipinski definition) is 3. The zero-order chi connectivity index (χ0) is 25.0. The molecule has 0 bridgehead atoms. The van der Waals surface area contributed by atoms with Crippen LogP contribution in [-0.4, -0.2) is 4.57 Å². The van der Waals surface area contributed by atoms with Gasteiger partial charge in [-0.05, 0) is 64.3 Å². The van der Waals surface area contributed by atoms with Crippen LogP contribution in [0.15, 0.2) is 88.2 Å². The maximum absolute atomic E-state index is 13.8. The average molecular weight is 511 g/mol. The van der Waals surface area contributed by atoms with Gasteiger partial charge in [0, 0.05) is 10.6 Å². The van der Waals surface area contributed by atoms with E-state index in [1.807, 2.05) is 34.9 Å². The van der Waals surface area contributed by atoms with Crippen molar-refractivity contribution in [2.24, 2.45) is 4.99 Å². The Bertz CT molecular complexity index is 1680. The van der Waals surface area contributed by atoms with Gasteiger partial charge in [-0.1, -0.05) is 104 Å². The van der Waals surface area contributed by atoms with Crippen molar-refractivity contribution in [1.29, 1.82) is 0 Å². The Morgan fingerprint density at radius 2 is 1.69 bits per heavy atom. The first-order valence-corrected chi connectivity index (χ1v) is 13.5. The molecule has 0 radical (unpaired) electrons. The molecule has 0 N–H and O–H groups in total. The van der Waals surface area contributed by atoms with Gasteiger partial charge in [-0.2, -0.15) is 0 Å². The van der Waals surface area contributed by atoms with Crippen molar-refractivity contribution < 1.29 is 0 Å². The van der Waals surface area contributed by atoms with Crippen LogP contribution < -0.4 is 14.9 Å². The number of halogens is 1. The summed E-state index contributed by atoms with van der Waals surface area (Å²) in [7, 11) is 0. The van der Waals surface area contributed by atoms with Crippen LogP contribution in [0.5, 0.6) is 0 Å². The number of benzene rings is 3. The number of thiazole rings is 1. The Balaban J connectivity index is 1.55. The van der Waals surface area contributed by atoms with E-state index in [4.69, 9.17) is 16.6 Å². The fourth-order valence-corrected chi connectivity index (χ4v) is 6.33. The Kier molecular flexibility index (Phi) is 5.62. The quantitative estimate of drug-likeness (QED) is 0.313. The topological polar surface area (TPSA) is 34.4 Å². The van der Waals surface area contributed by atoms with Crippen molar-refractivity contribution in [2.75, 3.05) is 0 Å². The molecule has 36 heavy (non-hydrogen) atoms. The van der Waals surface area contributed by atoms with Gasteiger partial charge in [-0.25, -0.2) is 4.99 Å². The van der Waals surface area contributed by atoms with E-state index in [0.29, 0.717) is 9.55 Å². The number of allylic oxidation sites excluding steroid dienone is 1. The van der Waals surface area contributed by atoms with E-state index in [1.54, 1.807) is 0 Å². The highest BCUT2D eigenvalue weighted by Gasteiger charge is 2.32. The van der Waals surface area contributed by atoms with Gasteiger partial charge in [0.25, 0.3) is 5.56 Å². The molecule has 180 valence electrons. The van der Waals surface area contributed by atoms with Gasteiger partial charge >= 0.3 is 0 Å². The van der Waals surface area contributed by atoms with E-state index >= 15 is 0 Å². The Morgan fingerprint density at radius 1 is 0.972 bits per heavy atom. The van der Waals surface area contributed by atoms with Crippen molar-refractivity contribution >= 4 is 34.7 Å².